The standard InChI is InChI=1S/C12H6F7NO/c13-6-2-1-3-7-8(6)5(4-20-7)9(21)10(11(14,15)16)12(17,18)19/h1-4,10,20H. The molecule has 1 aromatic heterocycles. The summed E-state index contributed by atoms with van der Waals surface area (Å²) in [6.07, 6.45) is -11.0. The van der Waals surface area contributed by atoms with E-state index >= 15 is 0 Å². The van der Waals surface area contributed by atoms with Crippen LogP contribution in [-0.2, 0) is 0 Å². The van der Waals surface area contributed by atoms with Crippen molar-refractivity contribution >= 4 is 16.7 Å². The summed E-state index contributed by atoms with van der Waals surface area (Å²) in [7, 11) is 0. The van der Waals surface area contributed by atoms with Gasteiger partial charge in [0, 0.05) is 22.7 Å². The molecule has 1 heterocycles. The van der Waals surface area contributed by atoms with E-state index in [-0.39, 0.29) is 5.52 Å². The van der Waals surface area contributed by atoms with Gasteiger partial charge in [-0.1, -0.05) is 6.07 Å². The number of carbonyl (C=O) groups excluding carboxylic acids is 1. The predicted molar refractivity (Wildman–Crippen MR) is 58.2 cm³/mol. The van der Waals surface area contributed by atoms with Crippen molar-refractivity contribution in [3.63, 3.8) is 0 Å². The number of hydrogen-bond acceptors (Lipinski definition) is 1. The van der Waals surface area contributed by atoms with Crippen molar-refractivity contribution in [3.8, 4) is 0 Å². The lowest BCUT2D eigenvalue weighted by Gasteiger charge is -2.21. The lowest BCUT2D eigenvalue weighted by molar-refractivity contribution is -0.264. The Hall–Kier alpha value is -2.06. The number of rotatable bonds is 2. The molecule has 0 radical (unpaired) electrons. The highest BCUT2D eigenvalue weighted by molar-refractivity contribution is 6.09. The molecule has 0 amide bonds. The number of Topliss-reactive ketones (excluding diaryl/α,β-unsaturated/α-hetero) is 1. The third-order valence-electron chi connectivity index (χ3n) is 2.84. The van der Waals surface area contributed by atoms with Gasteiger partial charge in [-0.3, -0.25) is 4.79 Å². The average Bonchev–Trinajstić information content (AvgIpc) is 2.69. The highest BCUT2D eigenvalue weighted by atomic mass is 19.4. The minimum absolute atomic E-state index is 0.0681. The van der Waals surface area contributed by atoms with Crippen LogP contribution in [0.4, 0.5) is 30.7 Å². The highest BCUT2D eigenvalue weighted by Gasteiger charge is 2.61. The summed E-state index contributed by atoms with van der Waals surface area (Å²) in [5.74, 6) is -7.52. The molecule has 0 fully saturated rings. The van der Waals surface area contributed by atoms with Gasteiger partial charge in [0.05, 0.1) is 0 Å². The van der Waals surface area contributed by atoms with Gasteiger partial charge in [-0.25, -0.2) is 4.39 Å². The summed E-state index contributed by atoms with van der Waals surface area (Å²) >= 11 is 0. The van der Waals surface area contributed by atoms with Crippen LogP contribution in [0, 0.1) is 11.7 Å². The Morgan fingerprint density at radius 3 is 2.14 bits per heavy atom. The van der Waals surface area contributed by atoms with E-state index in [1.54, 1.807) is 0 Å². The summed E-state index contributed by atoms with van der Waals surface area (Å²) in [5, 5.41) is -0.596. The van der Waals surface area contributed by atoms with Crippen LogP contribution in [-0.4, -0.2) is 23.1 Å². The van der Waals surface area contributed by atoms with E-state index in [1.165, 1.54) is 12.1 Å². The van der Waals surface area contributed by atoms with Crippen LogP contribution >= 0.6 is 0 Å². The molecule has 1 aromatic carbocycles. The number of benzene rings is 1. The molecule has 0 atom stereocenters. The molecule has 0 aliphatic heterocycles. The molecule has 9 heteroatoms. The van der Waals surface area contributed by atoms with Crippen molar-refractivity contribution in [2.24, 2.45) is 5.92 Å². The Bertz CT molecular complexity index is 669. The Morgan fingerprint density at radius 2 is 1.62 bits per heavy atom. The largest absolute Gasteiger partial charge is 0.407 e. The Labute approximate surface area is 112 Å². The molecule has 0 aliphatic carbocycles. The number of ketones is 1. The molecule has 0 unspecified atom stereocenters. The van der Waals surface area contributed by atoms with Gasteiger partial charge in [0.25, 0.3) is 0 Å². The molecule has 0 bridgehead atoms. The molecule has 21 heavy (non-hydrogen) atoms. The zero-order chi connectivity index (χ0) is 16.0. The predicted octanol–water partition coefficient (Wildman–Crippen LogP) is 4.23. The smallest absolute Gasteiger partial charge is 0.360 e. The SMILES string of the molecule is O=C(c1c[nH]c2cccc(F)c12)C(C(F)(F)F)C(F)(F)F. The van der Waals surface area contributed by atoms with Crippen LogP contribution in [0.15, 0.2) is 24.4 Å². The molecule has 2 aromatic rings. The summed E-state index contributed by atoms with van der Waals surface area (Å²) in [5.41, 5.74) is -1.05. The Kier molecular flexibility index (Phi) is 3.46. The van der Waals surface area contributed by atoms with E-state index in [0.717, 1.165) is 6.07 Å². The first-order chi connectivity index (χ1) is 9.53. The van der Waals surface area contributed by atoms with Gasteiger partial charge in [0.2, 0.25) is 5.92 Å². The molecule has 0 aliphatic rings. The second-order valence-electron chi connectivity index (χ2n) is 4.25. The van der Waals surface area contributed by atoms with Crippen LogP contribution in [0.3, 0.4) is 0 Å². The van der Waals surface area contributed by atoms with Crippen LogP contribution in [0.2, 0.25) is 0 Å². The van der Waals surface area contributed by atoms with Gasteiger partial charge < -0.3 is 4.98 Å². The van der Waals surface area contributed by atoms with Crippen molar-refractivity contribution in [1.82, 2.24) is 4.98 Å². The van der Waals surface area contributed by atoms with E-state index in [1.807, 2.05) is 0 Å². The number of halogens is 7. The monoisotopic (exact) mass is 313 g/mol. The van der Waals surface area contributed by atoms with Gasteiger partial charge in [-0.05, 0) is 12.1 Å². The number of aromatic nitrogens is 1. The zero-order valence-electron chi connectivity index (χ0n) is 9.94. The molecular formula is C12H6F7NO. The fraction of sp³-hybridized carbons (Fsp3) is 0.250. The van der Waals surface area contributed by atoms with Gasteiger partial charge >= 0.3 is 12.4 Å². The first-order valence-electron chi connectivity index (χ1n) is 5.46. The van der Waals surface area contributed by atoms with Gasteiger partial charge in [0.1, 0.15) is 5.82 Å². The quantitative estimate of drug-likeness (QED) is 0.653. The topological polar surface area (TPSA) is 32.9 Å². The number of hydrogen-bond donors (Lipinski definition) is 1. The molecule has 2 nitrogen and oxygen atoms in total. The summed E-state index contributed by atoms with van der Waals surface area (Å²) in [6, 6.07) is 3.27. The van der Waals surface area contributed by atoms with E-state index < -0.39 is 40.8 Å². The van der Waals surface area contributed by atoms with Crippen LogP contribution in [0.5, 0.6) is 0 Å². The highest BCUT2D eigenvalue weighted by Crippen LogP contribution is 2.42. The van der Waals surface area contributed by atoms with Gasteiger partial charge in [-0.2, -0.15) is 26.3 Å². The minimum atomic E-state index is -5.82. The number of H-pyrrole nitrogens is 1. The maximum atomic E-state index is 13.6. The van der Waals surface area contributed by atoms with E-state index in [4.69, 9.17) is 0 Å². The second kappa shape index (κ2) is 4.74. The maximum Gasteiger partial charge on any atom is 0.407 e. The normalized spacial score (nSPS) is 13.1. The van der Waals surface area contributed by atoms with Crippen LogP contribution in [0.1, 0.15) is 10.4 Å². The Morgan fingerprint density at radius 1 is 1.05 bits per heavy atom. The van der Waals surface area contributed by atoms with E-state index in [2.05, 4.69) is 4.98 Å². The van der Waals surface area contributed by atoms with Crippen molar-refractivity contribution in [3.05, 3.63) is 35.8 Å². The van der Waals surface area contributed by atoms with Crippen molar-refractivity contribution < 1.29 is 35.5 Å². The lowest BCUT2D eigenvalue weighted by atomic mass is 9.96. The summed E-state index contributed by atoms with van der Waals surface area (Å²) < 4.78 is 88.6. The van der Waals surface area contributed by atoms with E-state index in [9.17, 15) is 35.5 Å². The van der Waals surface area contributed by atoms with Crippen LogP contribution in [0.25, 0.3) is 10.9 Å². The van der Waals surface area contributed by atoms with Crippen molar-refractivity contribution in [2.45, 2.75) is 12.4 Å². The fourth-order valence-corrected chi connectivity index (χ4v) is 1.97. The number of fused-ring (bicyclic) bond motifs is 1. The number of aromatic amines is 1. The van der Waals surface area contributed by atoms with E-state index in [0.29, 0.717) is 6.20 Å². The molecule has 1 N–H and O–H groups in total. The molecule has 0 spiro atoms. The number of nitrogens with one attached hydrogen (secondary N) is 1. The molecule has 2 rings (SSSR count). The number of carbonyl (C=O) groups is 1. The van der Waals surface area contributed by atoms with Gasteiger partial charge in [-0.15, -0.1) is 0 Å². The lowest BCUT2D eigenvalue weighted by Crippen LogP contribution is -2.42. The number of alkyl halides is 6. The fourth-order valence-electron chi connectivity index (χ4n) is 1.97. The molecule has 114 valence electrons. The first-order valence-corrected chi connectivity index (χ1v) is 5.46. The minimum Gasteiger partial charge on any atom is -0.360 e. The zero-order valence-corrected chi connectivity index (χ0v) is 9.94. The molecule has 0 saturated heterocycles. The van der Waals surface area contributed by atoms with Crippen molar-refractivity contribution in [1.29, 1.82) is 0 Å². The molecule has 0 saturated carbocycles. The molecular weight excluding hydrogens is 307 g/mol. The maximum absolute atomic E-state index is 13.6. The first kappa shape index (κ1) is 15.3. The van der Waals surface area contributed by atoms with Crippen LogP contribution < -0.4 is 0 Å². The second-order valence-corrected chi connectivity index (χ2v) is 4.25. The summed E-state index contributed by atoms with van der Waals surface area (Å²) in [6.45, 7) is 0. The third-order valence-corrected chi connectivity index (χ3v) is 2.84. The van der Waals surface area contributed by atoms with Gasteiger partial charge in [0.15, 0.2) is 5.78 Å². The Balaban J connectivity index is 2.60. The van der Waals surface area contributed by atoms with Crippen molar-refractivity contribution in [2.75, 3.05) is 0 Å². The third kappa shape index (κ3) is 2.72. The average molecular weight is 313 g/mol. The summed E-state index contributed by atoms with van der Waals surface area (Å²) in [4.78, 5) is 13.9.